The molecule has 290 valence electrons. The van der Waals surface area contributed by atoms with Crippen molar-refractivity contribution in [3.8, 4) is 0 Å². The van der Waals surface area contributed by atoms with Gasteiger partial charge in [-0.3, -0.25) is 0 Å². The molecule has 0 aromatic carbocycles. The fourth-order valence-electron chi connectivity index (χ4n) is 4.14. The lowest BCUT2D eigenvalue weighted by atomic mass is 9.99. The highest BCUT2D eigenvalue weighted by Crippen LogP contribution is 2.26. The van der Waals surface area contributed by atoms with Gasteiger partial charge in [-0.2, -0.15) is 0 Å². The van der Waals surface area contributed by atoms with Crippen LogP contribution in [0, 0.1) is 0 Å². The number of aliphatic hydroxyl groups is 8. The molecule has 2 rings (SSSR count). The van der Waals surface area contributed by atoms with Crippen molar-refractivity contribution in [1.29, 1.82) is 0 Å². The molecule has 2 saturated heterocycles. The van der Waals surface area contributed by atoms with Crippen LogP contribution in [0.4, 0.5) is 9.59 Å². The topological polar surface area (TPSA) is 310 Å². The third-order valence-corrected chi connectivity index (χ3v) is 9.08. The zero-order chi connectivity index (χ0) is 38.1. The number of hydrogen-bond donors (Lipinski definition) is 10. The smallest absolute Gasteiger partial charge is 0.408 e. The van der Waals surface area contributed by atoms with Crippen molar-refractivity contribution in [2.75, 3.05) is 24.7 Å². The van der Waals surface area contributed by atoms with Crippen molar-refractivity contribution >= 4 is 45.7 Å². The quantitative estimate of drug-likeness (QED) is 0.0383. The Bertz CT molecular complexity index is 1050. The molecule has 2 amide bonds. The molecular formula is C28H48N2O18S2. The molecule has 22 heteroatoms. The van der Waals surface area contributed by atoms with Crippen LogP contribution in [0.25, 0.3) is 0 Å². The average Bonchev–Trinajstić information content (AvgIpc) is 2.99. The van der Waals surface area contributed by atoms with Gasteiger partial charge < -0.3 is 79.9 Å². The Morgan fingerprint density at radius 1 is 0.580 bits per heavy atom. The maximum absolute atomic E-state index is 13.0. The Balaban J connectivity index is 2.08. The van der Waals surface area contributed by atoms with Gasteiger partial charge in [0.25, 0.3) is 0 Å². The minimum absolute atomic E-state index is 0.213. The van der Waals surface area contributed by atoms with Gasteiger partial charge in [-0.05, 0) is 41.5 Å². The standard InChI is InChI=1S/C28H48N2O18S2/c1-27(2,3)47-25(41)29-11(21(37)43-7-13-15(31)17(33)19(35)23(39)45-13)9-49-50-10-12(30-26(42)48-28(4,5)6)22(38)44-8-14-16(32)18(34)20(36)24(40)46-14/h11-20,23-24,31-36,39-40H,7-10H2,1-6H3,(H,29,41)(H,30,42)/t11-,12-,13?,14?,15+,16+,17?,18?,19?,20?,23?,24?/m1/s1. The van der Waals surface area contributed by atoms with E-state index in [0.717, 1.165) is 21.6 Å². The van der Waals surface area contributed by atoms with E-state index in [-0.39, 0.29) is 11.5 Å². The van der Waals surface area contributed by atoms with Crippen molar-refractivity contribution in [3.63, 3.8) is 0 Å². The van der Waals surface area contributed by atoms with Crippen LogP contribution in [0.1, 0.15) is 41.5 Å². The number of carbonyl (C=O) groups is 4. The zero-order valence-corrected chi connectivity index (χ0v) is 29.9. The highest BCUT2D eigenvalue weighted by atomic mass is 33.1. The molecule has 0 spiro atoms. The highest BCUT2D eigenvalue weighted by Gasteiger charge is 2.45. The number of alkyl carbamates (subject to hydrolysis) is 2. The molecule has 0 saturated carbocycles. The lowest BCUT2D eigenvalue weighted by Gasteiger charge is -2.38. The Hall–Kier alpha value is -2.22. The van der Waals surface area contributed by atoms with Crippen molar-refractivity contribution < 1.29 is 88.5 Å². The molecule has 8 unspecified atom stereocenters. The van der Waals surface area contributed by atoms with E-state index in [2.05, 4.69) is 10.6 Å². The number of carbonyl (C=O) groups excluding carboxylic acids is 4. The predicted molar refractivity (Wildman–Crippen MR) is 171 cm³/mol. The van der Waals surface area contributed by atoms with Crippen LogP contribution in [0.3, 0.4) is 0 Å². The summed E-state index contributed by atoms with van der Waals surface area (Å²) in [6, 6.07) is -2.79. The van der Waals surface area contributed by atoms with Gasteiger partial charge in [-0.25, -0.2) is 19.2 Å². The third kappa shape index (κ3) is 14.1. The van der Waals surface area contributed by atoms with Crippen molar-refractivity contribution in [2.24, 2.45) is 0 Å². The summed E-state index contributed by atoms with van der Waals surface area (Å²) in [7, 11) is 1.88. The summed E-state index contributed by atoms with van der Waals surface area (Å²) in [5.41, 5.74) is -1.88. The van der Waals surface area contributed by atoms with Gasteiger partial charge in [0.1, 0.15) is 85.3 Å². The minimum atomic E-state index is -1.87. The Morgan fingerprint density at radius 3 is 1.20 bits per heavy atom. The maximum Gasteiger partial charge on any atom is 0.408 e. The summed E-state index contributed by atoms with van der Waals surface area (Å²) in [5.74, 6) is -2.51. The van der Waals surface area contributed by atoms with E-state index in [4.69, 9.17) is 28.4 Å². The number of amides is 2. The fraction of sp³-hybridized carbons (Fsp3) is 0.857. The number of hydrogen-bond acceptors (Lipinski definition) is 20. The minimum Gasteiger partial charge on any atom is -0.461 e. The summed E-state index contributed by atoms with van der Waals surface area (Å²) in [4.78, 5) is 51.0. The van der Waals surface area contributed by atoms with Crippen LogP contribution in [-0.2, 0) is 38.0 Å². The summed E-state index contributed by atoms with van der Waals surface area (Å²) < 4.78 is 30.7. The molecule has 2 aliphatic heterocycles. The highest BCUT2D eigenvalue weighted by molar-refractivity contribution is 8.76. The molecule has 12 atom stereocenters. The van der Waals surface area contributed by atoms with Gasteiger partial charge >= 0.3 is 24.1 Å². The van der Waals surface area contributed by atoms with Gasteiger partial charge in [0.15, 0.2) is 12.6 Å². The van der Waals surface area contributed by atoms with E-state index in [1.807, 2.05) is 0 Å². The van der Waals surface area contributed by atoms with Crippen LogP contribution in [0.2, 0.25) is 0 Å². The first-order valence-corrected chi connectivity index (χ1v) is 17.8. The van der Waals surface area contributed by atoms with Crippen LogP contribution < -0.4 is 10.6 Å². The van der Waals surface area contributed by atoms with Crippen LogP contribution in [0.5, 0.6) is 0 Å². The third-order valence-electron chi connectivity index (χ3n) is 6.66. The Morgan fingerprint density at radius 2 is 0.900 bits per heavy atom. The molecule has 20 nitrogen and oxygen atoms in total. The normalized spacial score (nSPS) is 31.5. The molecule has 0 aliphatic carbocycles. The molecule has 0 radical (unpaired) electrons. The number of rotatable bonds is 13. The fourth-order valence-corrected chi connectivity index (χ4v) is 6.43. The predicted octanol–water partition coefficient (Wildman–Crippen LogP) is -3.16. The second kappa shape index (κ2) is 19.0. The van der Waals surface area contributed by atoms with Gasteiger partial charge in [-0.1, -0.05) is 21.6 Å². The molecule has 2 aliphatic rings. The monoisotopic (exact) mass is 764 g/mol. The van der Waals surface area contributed by atoms with E-state index >= 15 is 0 Å². The zero-order valence-electron chi connectivity index (χ0n) is 28.2. The molecule has 0 bridgehead atoms. The van der Waals surface area contributed by atoms with Gasteiger partial charge in [0, 0.05) is 11.5 Å². The first-order chi connectivity index (χ1) is 23.0. The second-order valence-corrected chi connectivity index (χ2v) is 15.9. The van der Waals surface area contributed by atoms with Gasteiger partial charge in [-0.15, -0.1) is 0 Å². The molecule has 0 aromatic rings. The number of esters is 2. The van der Waals surface area contributed by atoms with E-state index in [0.29, 0.717) is 0 Å². The van der Waals surface area contributed by atoms with Crippen molar-refractivity contribution in [1.82, 2.24) is 10.6 Å². The largest absolute Gasteiger partial charge is 0.461 e. The summed E-state index contributed by atoms with van der Waals surface area (Å²) in [5, 5.41) is 83.5. The second-order valence-electron chi connectivity index (χ2n) is 13.3. The number of nitrogens with one attached hydrogen (secondary N) is 2. The van der Waals surface area contributed by atoms with Crippen LogP contribution >= 0.6 is 21.6 Å². The molecule has 10 N–H and O–H groups in total. The molecule has 2 heterocycles. The summed E-state index contributed by atoms with van der Waals surface area (Å²) in [6.07, 6.45) is -19.3. The maximum atomic E-state index is 13.0. The molecule has 50 heavy (non-hydrogen) atoms. The van der Waals surface area contributed by atoms with Crippen LogP contribution in [-0.4, -0.2) is 174 Å². The van der Waals surface area contributed by atoms with Crippen LogP contribution in [0.15, 0.2) is 0 Å². The Labute approximate surface area is 295 Å². The number of aliphatic hydroxyl groups excluding tert-OH is 8. The van der Waals surface area contributed by atoms with Gasteiger partial charge in [0.05, 0.1) is 0 Å². The molecule has 0 aromatic heterocycles. The summed E-state index contributed by atoms with van der Waals surface area (Å²) >= 11 is 0. The van der Waals surface area contributed by atoms with E-state index in [9.17, 15) is 60.0 Å². The van der Waals surface area contributed by atoms with E-state index in [1.165, 1.54) is 0 Å². The Kier molecular flexibility index (Phi) is 16.7. The van der Waals surface area contributed by atoms with Crippen molar-refractivity contribution in [2.45, 2.75) is 126 Å². The molecule has 2 fully saturated rings. The van der Waals surface area contributed by atoms with E-state index in [1.54, 1.807) is 41.5 Å². The lowest BCUT2D eigenvalue weighted by Crippen LogP contribution is -2.59. The van der Waals surface area contributed by atoms with E-state index < -0.39 is 122 Å². The summed E-state index contributed by atoms with van der Waals surface area (Å²) in [6.45, 7) is 8.14. The van der Waals surface area contributed by atoms with Crippen molar-refractivity contribution in [3.05, 3.63) is 0 Å². The average molecular weight is 765 g/mol. The molecular weight excluding hydrogens is 716 g/mol. The lowest BCUT2D eigenvalue weighted by molar-refractivity contribution is -0.287. The van der Waals surface area contributed by atoms with Gasteiger partial charge in [0.2, 0.25) is 0 Å². The SMILES string of the molecule is CC(C)(C)OC(=O)N[C@H](CSSC[C@@H](NC(=O)OC(C)(C)C)C(=O)OCC1OC(O)C(O)C(O)[C@H]1O)C(=O)OCC1OC(O)C(O)C(O)[C@H]1O. The first-order valence-electron chi connectivity index (χ1n) is 15.3. The number of ether oxygens (including phenoxy) is 6. The first kappa shape index (κ1) is 43.9.